The summed E-state index contributed by atoms with van der Waals surface area (Å²) in [6.45, 7) is 5.58. The predicted molar refractivity (Wildman–Crippen MR) is 72.9 cm³/mol. The van der Waals surface area contributed by atoms with Gasteiger partial charge < -0.3 is 0 Å². The molecule has 2 nitrogen and oxygen atoms in total. The predicted octanol–water partition coefficient (Wildman–Crippen LogP) is 3.57. The van der Waals surface area contributed by atoms with E-state index >= 15 is 0 Å². The van der Waals surface area contributed by atoms with Gasteiger partial charge in [0.2, 0.25) is 0 Å². The highest BCUT2D eigenvalue weighted by atomic mass is 19.1. The molecule has 0 aliphatic rings. The molecule has 0 atom stereocenters. The number of benzene rings is 1. The van der Waals surface area contributed by atoms with E-state index in [1.807, 2.05) is 26.8 Å². The second-order valence-corrected chi connectivity index (χ2v) is 4.76. The maximum atomic E-state index is 13.2. The molecule has 0 saturated carbocycles. The molecule has 0 aliphatic heterocycles. The third kappa shape index (κ3) is 3.05. The highest BCUT2D eigenvalue weighted by Gasteiger charge is 2.12. The monoisotopic (exact) mass is 257 g/mol. The quantitative estimate of drug-likeness (QED) is 0.787. The van der Waals surface area contributed by atoms with Gasteiger partial charge in [-0.15, -0.1) is 0 Å². The Morgan fingerprint density at radius 2 is 1.89 bits per heavy atom. The number of aryl methyl sites for hydroxylation is 3. The van der Waals surface area contributed by atoms with E-state index in [9.17, 15) is 9.18 Å². The Labute approximate surface area is 112 Å². The molecule has 2 aromatic rings. The molecule has 3 heteroatoms. The molecule has 0 amide bonds. The summed E-state index contributed by atoms with van der Waals surface area (Å²) in [4.78, 5) is 16.5. The van der Waals surface area contributed by atoms with Gasteiger partial charge in [-0.1, -0.05) is 6.07 Å². The lowest BCUT2D eigenvalue weighted by molar-refractivity contribution is 0.0991. The largest absolute Gasteiger partial charge is 0.294 e. The van der Waals surface area contributed by atoms with E-state index in [1.165, 1.54) is 12.1 Å². The van der Waals surface area contributed by atoms with Crippen molar-refractivity contribution in [3.63, 3.8) is 0 Å². The van der Waals surface area contributed by atoms with Gasteiger partial charge in [0.05, 0.1) is 0 Å². The second-order valence-electron chi connectivity index (χ2n) is 4.76. The van der Waals surface area contributed by atoms with Crippen molar-refractivity contribution in [1.82, 2.24) is 4.98 Å². The van der Waals surface area contributed by atoms with Crippen molar-refractivity contribution in [2.75, 3.05) is 0 Å². The van der Waals surface area contributed by atoms with E-state index in [4.69, 9.17) is 0 Å². The molecule has 0 radical (unpaired) electrons. The van der Waals surface area contributed by atoms with Crippen LogP contribution in [0, 0.1) is 26.6 Å². The van der Waals surface area contributed by atoms with Crippen LogP contribution < -0.4 is 0 Å². The number of hydrogen-bond acceptors (Lipinski definition) is 2. The maximum absolute atomic E-state index is 13.2. The van der Waals surface area contributed by atoms with Gasteiger partial charge in [0.25, 0.3) is 0 Å². The fraction of sp³-hybridized carbons (Fsp3) is 0.250. The summed E-state index contributed by atoms with van der Waals surface area (Å²) in [5.41, 5.74) is 3.86. The molecule has 0 aliphatic carbocycles. The second kappa shape index (κ2) is 5.31. The van der Waals surface area contributed by atoms with E-state index in [-0.39, 0.29) is 18.0 Å². The lowest BCUT2D eigenvalue weighted by Gasteiger charge is -2.08. The highest BCUT2D eigenvalue weighted by Crippen LogP contribution is 2.15. The van der Waals surface area contributed by atoms with Gasteiger partial charge in [-0.2, -0.15) is 0 Å². The van der Waals surface area contributed by atoms with Crippen molar-refractivity contribution in [2.45, 2.75) is 27.2 Å². The molecule has 2 rings (SSSR count). The number of halogens is 1. The van der Waals surface area contributed by atoms with Crippen LogP contribution in [0.15, 0.2) is 30.3 Å². The van der Waals surface area contributed by atoms with Gasteiger partial charge in [-0.05, 0) is 56.2 Å². The van der Waals surface area contributed by atoms with Gasteiger partial charge in [-0.3, -0.25) is 9.78 Å². The zero-order chi connectivity index (χ0) is 14.0. The number of hydrogen-bond donors (Lipinski definition) is 0. The molecule has 0 spiro atoms. The first kappa shape index (κ1) is 13.4. The van der Waals surface area contributed by atoms with Crippen molar-refractivity contribution < 1.29 is 9.18 Å². The van der Waals surface area contributed by atoms with Crippen LogP contribution in [0.2, 0.25) is 0 Å². The Morgan fingerprint density at radius 3 is 2.58 bits per heavy atom. The lowest BCUT2D eigenvalue weighted by atomic mass is 9.98. The van der Waals surface area contributed by atoms with Gasteiger partial charge in [0.15, 0.2) is 5.78 Å². The van der Waals surface area contributed by atoms with E-state index < -0.39 is 0 Å². The van der Waals surface area contributed by atoms with E-state index in [0.717, 1.165) is 22.5 Å². The first-order chi connectivity index (χ1) is 8.97. The first-order valence-corrected chi connectivity index (χ1v) is 6.20. The summed E-state index contributed by atoms with van der Waals surface area (Å²) in [5.74, 6) is -0.342. The highest BCUT2D eigenvalue weighted by molar-refractivity contribution is 5.98. The molecule has 0 fully saturated rings. The Morgan fingerprint density at radius 1 is 1.16 bits per heavy atom. The van der Waals surface area contributed by atoms with Crippen LogP contribution in [0.3, 0.4) is 0 Å². The minimum absolute atomic E-state index is 0.0290. The summed E-state index contributed by atoms with van der Waals surface area (Å²) in [6.07, 6.45) is 0.204. The SMILES string of the molecule is Cc1ccc(C(=O)Cc2cc(F)ccc2C)c(C)n1. The smallest absolute Gasteiger partial charge is 0.169 e. The zero-order valence-corrected chi connectivity index (χ0v) is 11.3. The lowest BCUT2D eigenvalue weighted by Crippen LogP contribution is -2.08. The summed E-state index contributed by atoms with van der Waals surface area (Å²) in [7, 11) is 0. The van der Waals surface area contributed by atoms with E-state index in [1.54, 1.807) is 12.1 Å². The number of ketones is 1. The third-order valence-corrected chi connectivity index (χ3v) is 3.19. The topological polar surface area (TPSA) is 30.0 Å². The summed E-state index contributed by atoms with van der Waals surface area (Å²) < 4.78 is 13.2. The minimum atomic E-state index is -0.313. The van der Waals surface area contributed by atoms with Crippen LogP contribution in [-0.2, 0) is 6.42 Å². The molecule has 0 saturated heterocycles. The molecule has 0 N–H and O–H groups in total. The third-order valence-electron chi connectivity index (χ3n) is 3.19. The Hall–Kier alpha value is -2.03. The van der Waals surface area contributed by atoms with Crippen LogP contribution in [0.4, 0.5) is 4.39 Å². The van der Waals surface area contributed by atoms with Gasteiger partial charge in [0.1, 0.15) is 5.82 Å². The average Bonchev–Trinajstić information content (AvgIpc) is 2.33. The van der Waals surface area contributed by atoms with Gasteiger partial charge in [0, 0.05) is 23.4 Å². The number of aromatic nitrogens is 1. The van der Waals surface area contributed by atoms with Crippen molar-refractivity contribution in [2.24, 2.45) is 0 Å². The summed E-state index contributed by atoms with van der Waals surface area (Å²) in [6, 6.07) is 8.12. The molecule has 98 valence electrons. The average molecular weight is 257 g/mol. The van der Waals surface area contributed by atoms with Crippen molar-refractivity contribution in [3.8, 4) is 0 Å². The molecule has 1 aromatic carbocycles. The number of nitrogens with zero attached hydrogens (tertiary/aromatic N) is 1. The van der Waals surface area contributed by atoms with Crippen LogP contribution in [0.25, 0.3) is 0 Å². The van der Waals surface area contributed by atoms with Crippen LogP contribution in [0.5, 0.6) is 0 Å². The van der Waals surface area contributed by atoms with E-state index in [0.29, 0.717) is 5.56 Å². The minimum Gasteiger partial charge on any atom is -0.294 e. The summed E-state index contributed by atoms with van der Waals surface area (Å²) in [5, 5.41) is 0. The first-order valence-electron chi connectivity index (χ1n) is 6.20. The summed E-state index contributed by atoms with van der Waals surface area (Å²) >= 11 is 0. The molecule has 19 heavy (non-hydrogen) atoms. The fourth-order valence-electron chi connectivity index (χ4n) is 2.08. The van der Waals surface area contributed by atoms with E-state index in [2.05, 4.69) is 4.98 Å². The van der Waals surface area contributed by atoms with Crippen LogP contribution in [0.1, 0.15) is 32.9 Å². The number of carbonyl (C=O) groups excluding carboxylic acids is 1. The molecule has 1 heterocycles. The Balaban J connectivity index is 2.28. The molecule has 0 bridgehead atoms. The van der Waals surface area contributed by atoms with Crippen LogP contribution >= 0.6 is 0 Å². The Kier molecular flexibility index (Phi) is 3.74. The van der Waals surface area contributed by atoms with Crippen molar-refractivity contribution >= 4 is 5.78 Å². The van der Waals surface area contributed by atoms with Crippen molar-refractivity contribution in [1.29, 1.82) is 0 Å². The number of Topliss-reactive ketones (excluding diaryl/α,β-unsaturated/α-hetero) is 1. The fourth-order valence-corrected chi connectivity index (χ4v) is 2.08. The van der Waals surface area contributed by atoms with Gasteiger partial charge >= 0.3 is 0 Å². The van der Waals surface area contributed by atoms with Gasteiger partial charge in [-0.25, -0.2) is 4.39 Å². The van der Waals surface area contributed by atoms with Crippen molar-refractivity contribution in [3.05, 3.63) is 64.2 Å². The molecular weight excluding hydrogens is 241 g/mol. The number of carbonyl (C=O) groups is 1. The standard InChI is InChI=1S/C16H16FNO/c1-10-4-6-14(17)8-13(10)9-16(19)15-7-5-11(2)18-12(15)3/h4-8H,9H2,1-3H3. The maximum Gasteiger partial charge on any atom is 0.169 e. The Bertz CT molecular complexity index is 635. The number of pyridine rings is 1. The van der Waals surface area contributed by atoms with Crippen LogP contribution in [-0.4, -0.2) is 10.8 Å². The molecule has 1 aromatic heterocycles. The number of rotatable bonds is 3. The molecule has 0 unspecified atom stereocenters. The normalized spacial score (nSPS) is 10.5. The zero-order valence-electron chi connectivity index (χ0n) is 11.3. The molecular formula is C16H16FNO.